The highest BCUT2D eigenvalue weighted by Crippen LogP contribution is 2.44. The van der Waals surface area contributed by atoms with Crippen LogP contribution in [0.1, 0.15) is 84.3 Å². The Morgan fingerprint density at radius 2 is 1.63 bits per heavy atom. The topological polar surface area (TPSA) is 147 Å². The van der Waals surface area contributed by atoms with Crippen molar-refractivity contribution in [3.63, 3.8) is 0 Å². The number of likely N-dealkylation sites (tertiary alicyclic amines) is 1. The van der Waals surface area contributed by atoms with Crippen molar-refractivity contribution < 1.29 is 27.6 Å². The van der Waals surface area contributed by atoms with E-state index in [9.17, 15) is 32.3 Å². The molecule has 0 saturated carbocycles. The van der Waals surface area contributed by atoms with E-state index in [2.05, 4.69) is 39.6 Å². The molecular weight excluding hydrogens is 701 g/mol. The summed E-state index contributed by atoms with van der Waals surface area (Å²) in [5, 5.41) is 5.85. The molecule has 4 aliphatic heterocycles. The zero-order chi connectivity index (χ0) is 39.0. The molecule has 3 aromatic rings. The van der Waals surface area contributed by atoms with E-state index in [1.165, 1.54) is 30.3 Å². The highest BCUT2D eigenvalue weighted by molar-refractivity contribution is 6.01. The lowest BCUT2D eigenvalue weighted by Gasteiger charge is -2.47. The number of nitrogen functional groups attached to an aromatic ring is 1. The summed E-state index contributed by atoms with van der Waals surface area (Å²) in [7, 11) is 3.70. The van der Waals surface area contributed by atoms with Gasteiger partial charge < -0.3 is 20.4 Å². The molecule has 3 fully saturated rings. The molecule has 0 bridgehead atoms. The third-order valence-electron chi connectivity index (χ3n) is 10.8. The number of rotatable bonds is 3. The largest absolute Gasteiger partial charge is 0.416 e. The highest BCUT2D eigenvalue weighted by Gasteiger charge is 2.42. The summed E-state index contributed by atoms with van der Waals surface area (Å²) in [4.78, 5) is 57.7. The van der Waals surface area contributed by atoms with Crippen LogP contribution in [0, 0.1) is 12.3 Å². The average molecular weight is 751 g/mol. The number of nitrogens with zero attached hydrogens (tertiary/aromatic N) is 6. The van der Waals surface area contributed by atoms with E-state index in [4.69, 9.17) is 5.73 Å². The highest BCUT2D eigenvalue weighted by atomic mass is 19.4. The molecule has 7 rings (SSSR count). The molecule has 1 unspecified atom stereocenters. The first-order valence-corrected chi connectivity index (χ1v) is 18.3. The monoisotopic (exact) mass is 750 g/mol. The number of piperidine rings is 3. The van der Waals surface area contributed by atoms with E-state index < -0.39 is 29.5 Å². The second-order valence-corrected chi connectivity index (χ2v) is 14.4. The van der Waals surface area contributed by atoms with E-state index in [0.29, 0.717) is 43.0 Å². The van der Waals surface area contributed by atoms with Gasteiger partial charge in [-0.1, -0.05) is 24.3 Å². The van der Waals surface area contributed by atoms with Crippen molar-refractivity contribution in [1.29, 1.82) is 0 Å². The number of pyridine rings is 1. The molecule has 12 nitrogen and oxygen atoms in total. The maximum Gasteiger partial charge on any atom is 0.416 e. The molecule has 290 valence electrons. The first-order valence-electron chi connectivity index (χ1n) is 18.3. The van der Waals surface area contributed by atoms with Gasteiger partial charge in [0.1, 0.15) is 5.82 Å². The lowest BCUT2D eigenvalue weighted by atomic mass is 9.71. The van der Waals surface area contributed by atoms with Crippen LogP contribution in [0.15, 0.2) is 65.9 Å². The number of alkyl halides is 3. The Morgan fingerprint density at radius 3 is 2.19 bits per heavy atom. The quantitative estimate of drug-likeness (QED) is 0.352. The van der Waals surface area contributed by atoms with Gasteiger partial charge in [0.15, 0.2) is 0 Å². The SMILES string of the molecule is CN1C=CCCC1.Cc1c(N)cnn(C)c1=O.O=C1CCC(c2cnc(N3CCC4(CCN(C(=O)c5ccccc5)CC4)CC3)cc2C(F)(F)F)C(=O)N1. The predicted molar refractivity (Wildman–Crippen MR) is 199 cm³/mol. The Labute approximate surface area is 313 Å². The van der Waals surface area contributed by atoms with Gasteiger partial charge >= 0.3 is 6.18 Å². The van der Waals surface area contributed by atoms with Gasteiger partial charge in [-0.05, 0) is 87.2 Å². The number of halogens is 3. The summed E-state index contributed by atoms with van der Waals surface area (Å²) in [5.74, 6) is -1.96. The molecule has 1 aromatic carbocycles. The van der Waals surface area contributed by atoms with Crippen molar-refractivity contribution >= 4 is 29.2 Å². The number of hydrogen-bond donors (Lipinski definition) is 2. The van der Waals surface area contributed by atoms with Crippen LogP contribution in [-0.2, 0) is 22.8 Å². The van der Waals surface area contributed by atoms with Gasteiger partial charge in [0.05, 0.1) is 23.4 Å². The number of aromatic nitrogens is 3. The third kappa shape index (κ3) is 9.85. The molecule has 3 saturated heterocycles. The lowest BCUT2D eigenvalue weighted by Crippen LogP contribution is -2.48. The zero-order valence-electron chi connectivity index (χ0n) is 31.1. The minimum atomic E-state index is -4.65. The molecule has 3 amide bonds. The van der Waals surface area contributed by atoms with E-state index in [0.717, 1.165) is 37.9 Å². The van der Waals surface area contributed by atoms with Crippen LogP contribution in [0.2, 0.25) is 0 Å². The first-order chi connectivity index (χ1) is 25.7. The molecule has 0 aliphatic carbocycles. The molecule has 1 spiro atoms. The minimum Gasteiger partial charge on any atom is -0.397 e. The number of anilines is 2. The number of benzene rings is 1. The maximum atomic E-state index is 14.0. The number of allylic oxidation sites excluding steroid dienone is 1. The fraction of sp³-hybridized carbons (Fsp3) is 0.487. The van der Waals surface area contributed by atoms with Crippen molar-refractivity contribution in [1.82, 2.24) is 29.9 Å². The summed E-state index contributed by atoms with van der Waals surface area (Å²) < 4.78 is 43.2. The molecule has 2 aromatic heterocycles. The lowest BCUT2D eigenvalue weighted by molar-refractivity contribution is -0.139. The number of nitrogens with two attached hydrogens (primary N) is 1. The summed E-state index contributed by atoms with van der Waals surface area (Å²) in [6.07, 6.45) is 8.32. The minimum absolute atomic E-state index is 0.00195. The predicted octanol–water partition coefficient (Wildman–Crippen LogP) is 5.04. The molecule has 54 heavy (non-hydrogen) atoms. The standard InChI is InChI=1S/C27H29F3N4O3.C6H9N3O.C6H11N/c28-27(29,30)21-16-22(31-17-20(21)19-6-7-23(35)32-24(19)36)33-12-8-26(9-13-33)10-14-34(15-11-26)25(37)18-4-2-1-3-5-18;1-4-5(7)3-8-9(2)6(4)10;1-7-5-3-2-4-6-7/h1-5,16-17,19H,6-15H2,(H,32,35,36);3H,7H2,1-2H3;3,5H,2,4,6H2,1H3. The van der Waals surface area contributed by atoms with E-state index in [1.807, 2.05) is 40.1 Å². The molecular formula is C39H49F3N8O4. The molecule has 6 heterocycles. The van der Waals surface area contributed by atoms with Gasteiger partial charge in [-0.25, -0.2) is 9.67 Å². The number of amides is 3. The van der Waals surface area contributed by atoms with Crippen LogP contribution in [-0.4, -0.2) is 82.1 Å². The molecule has 0 radical (unpaired) electrons. The zero-order valence-corrected chi connectivity index (χ0v) is 31.1. The van der Waals surface area contributed by atoms with Crippen LogP contribution in [0.3, 0.4) is 0 Å². The van der Waals surface area contributed by atoms with E-state index in [1.54, 1.807) is 14.0 Å². The second-order valence-electron chi connectivity index (χ2n) is 14.4. The number of nitrogens with one attached hydrogen (secondary N) is 1. The van der Waals surface area contributed by atoms with Crippen LogP contribution in [0.25, 0.3) is 0 Å². The summed E-state index contributed by atoms with van der Waals surface area (Å²) in [6.45, 7) is 5.41. The van der Waals surface area contributed by atoms with Crippen LogP contribution in [0.5, 0.6) is 0 Å². The van der Waals surface area contributed by atoms with Gasteiger partial charge in [-0.2, -0.15) is 18.3 Å². The Hall–Kier alpha value is -5.21. The molecule has 15 heteroatoms. The van der Waals surface area contributed by atoms with Crippen molar-refractivity contribution in [3.05, 3.63) is 93.7 Å². The number of imide groups is 1. The molecule has 4 aliphatic rings. The maximum absolute atomic E-state index is 14.0. The first kappa shape index (κ1) is 40.0. The van der Waals surface area contributed by atoms with Crippen LogP contribution >= 0.6 is 0 Å². The number of carbonyl (C=O) groups is 3. The third-order valence-corrected chi connectivity index (χ3v) is 10.8. The van der Waals surface area contributed by atoms with Gasteiger partial charge in [0.2, 0.25) is 11.8 Å². The summed E-state index contributed by atoms with van der Waals surface area (Å²) >= 11 is 0. The van der Waals surface area contributed by atoms with Gasteiger partial charge in [0.25, 0.3) is 11.5 Å². The summed E-state index contributed by atoms with van der Waals surface area (Å²) in [5.41, 5.74) is 5.96. The smallest absolute Gasteiger partial charge is 0.397 e. The number of carbonyl (C=O) groups excluding carboxylic acids is 3. The van der Waals surface area contributed by atoms with Gasteiger partial charge in [0, 0.05) is 70.6 Å². The van der Waals surface area contributed by atoms with E-state index >= 15 is 0 Å². The fourth-order valence-corrected chi connectivity index (χ4v) is 7.25. The van der Waals surface area contributed by atoms with Gasteiger partial charge in [-0.3, -0.25) is 24.5 Å². The van der Waals surface area contributed by atoms with Crippen LogP contribution < -0.4 is 21.5 Å². The van der Waals surface area contributed by atoms with Crippen molar-refractivity contribution in [2.45, 2.75) is 70.4 Å². The second kappa shape index (κ2) is 17.3. The Morgan fingerprint density at radius 1 is 0.963 bits per heavy atom. The Balaban J connectivity index is 0.000000270. The summed E-state index contributed by atoms with van der Waals surface area (Å²) in [6, 6.07) is 10.3. The number of hydrogen-bond acceptors (Lipinski definition) is 9. The van der Waals surface area contributed by atoms with Crippen molar-refractivity contribution in [3.8, 4) is 0 Å². The van der Waals surface area contributed by atoms with E-state index in [-0.39, 0.29) is 41.1 Å². The van der Waals surface area contributed by atoms with Gasteiger partial charge in [-0.15, -0.1) is 0 Å². The van der Waals surface area contributed by atoms with Crippen molar-refractivity contribution in [2.24, 2.45) is 12.5 Å². The fourth-order valence-electron chi connectivity index (χ4n) is 7.25. The average Bonchev–Trinajstić information content (AvgIpc) is 3.17. The Bertz CT molecular complexity index is 1880. The van der Waals surface area contributed by atoms with Crippen LogP contribution in [0.4, 0.5) is 24.7 Å². The normalized spacial score (nSPS) is 19.7. The van der Waals surface area contributed by atoms with Crippen molar-refractivity contribution in [2.75, 3.05) is 50.4 Å². The molecule has 1 atom stereocenters. The molecule has 3 N–H and O–H groups in total. The number of aryl methyl sites for hydroxylation is 1. The Kier molecular flexibility index (Phi) is 12.8.